The Morgan fingerprint density at radius 1 is 1.08 bits per heavy atom. The van der Waals surface area contributed by atoms with Crippen LogP contribution in [-0.2, 0) is 7.05 Å². The molecule has 3 N–H and O–H groups in total. The van der Waals surface area contributed by atoms with E-state index < -0.39 is 17.6 Å². The highest BCUT2D eigenvalue weighted by Gasteiger charge is 2.18. The fraction of sp³-hybridized carbons (Fsp3) is 0.0556. The molecule has 0 unspecified atom stereocenters. The molecule has 0 saturated carbocycles. The predicted molar refractivity (Wildman–Crippen MR) is 91.5 cm³/mol. The Morgan fingerprint density at radius 3 is 2.44 bits per heavy atom. The molecule has 2 amide bonds. The fourth-order valence-corrected chi connectivity index (χ4v) is 2.49. The molecule has 0 atom stereocenters. The second-order valence-electron chi connectivity index (χ2n) is 5.44. The van der Waals surface area contributed by atoms with Gasteiger partial charge in [0.25, 0.3) is 5.91 Å². The van der Waals surface area contributed by atoms with E-state index in [-0.39, 0.29) is 5.82 Å². The van der Waals surface area contributed by atoms with Gasteiger partial charge in [-0.3, -0.25) is 14.3 Å². The standard InChI is InChI=1S/C18H15FN4O2/c1-23-10-15(13-4-2-3-5-14(13)16(20)24)17(22-23)21-18(25)11-6-8-12(19)9-7-11/h2-10H,1H3,(H2,20,24)(H,21,22,25). The Bertz CT molecular complexity index is 948. The lowest BCUT2D eigenvalue weighted by molar-refractivity contribution is 0.0998. The van der Waals surface area contributed by atoms with Gasteiger partial charge in [0.2, 0.25) is 5.91 Å². The van der Waals surface area contributed by atoms with Crippen LogP contribution in [0.25, 0.3) is 11.1 Å². The summed E-state index contributed by atoms with van der Waals surface area (Å²) in [6, 6.07) is 12.0. The Morgan fingerprint density at radius 2 is 1.76 bits per heavy atom. The van der Waals surface area contributed by atoms with Gasteiger partial charge in [-0.15, -0.1) is 0 Å². The molecule has 0 spiro atoms. The number of amides is 2. The molecule has 3 aromatic rings. The third-order valence-electron chi connectivity index (χ3n) is 3.65. The highest BCUT2D eigenvalue weighted by Crippen LogP contribution is 2.30. The van der Waals surface area contributed by atoms with Crippen molar-refractivity contribution in [3.63, 3.8) is 0 Å². The van der Waals surface area contributed by atoms with Gasteiger partial charge in [-0.05, 0) is 35.9 Å². The van der Waals surface area contributed by atoms with Gasteiger partial charge in [-0.1, -0.05) is 18.2 Å². The molecule has 0 saturated heterocycles. The van der Waals surface area contributed by atoms with Gasteiger partial charge < -0.3 is 11.1 Å². The molecule has 0 aliphatic rings. The lowest BCUT2D eigenvalue weighted by Crippen LogP contribution is -2.14. The van der Waals surface area contributed by atoms with Crippen molar-refractivity contribution in [3.05, 3.63) is 71.7 Å². The van der Waals surface area contributed by atoms with E-state index in [9.17, 15) is 14.0 Å². The summed E-state index contributed by atoms with van der Waals surface area (Å²) >= 11 is 0. The van der Waals surface area contributed by atoms with Crippen LogP contribution >= 0.6 is 0 Å². The van der Waals surface area contributed by atoms with E-state index in [1.165, 1.54) is 28.9 Å². The van der Waals surface area contributed by atoms with Crippen molar-refractivity contribution in [1.82, 2.24) is 9.78 Å². The number of nitrogens with zero attached hydrogens (tertiary/aromatic N) is 2. The van der Waals surface area contributed by atoms with E-state index in [1.54, 1.807) is 37.5 Å². The summed E-state index contributed by atoms with van der Waals surface area (Å²) in [6.45, 7) is 0. The maximum absolute atomic E-state index is 13.0. The van der Waals surface area contributed by atoms with Crippen LogP contribution < -0.4 is 11.1 Å². The number of hydrogen-bond acceptors (Lipinski definition) is 3. The van der Waals surface area contributed by atoms with Crippen LogP contribution in [0.15, 0.2) is 54.7 Å². The zero-order valence-electron chi connectivity index (χ0n) is 13.4. The summed E-state index contributed by atoms with van der Waals surface area (Å²) in [6.07, 6.45) is 1.68. The number of nitrogens with two attached hydrogens (primary N) is 1. The maximum atomic E-state index is 13.0. The maximum Gasteiger partial charge on any atom is 0.256 e. The van der Waals surface area contributed by atoms with Crippen molar-refractivity contribution < 1.29 is 14.0 Å². The monoisotopic (exact) mass is 338 g/mol. The summed E-state index contributed by atoms with van der Waals surface area (Å²) in [7, 11) is 1.70. The first-order chi connectivity index (χ1) is 12.0. The molecule has 0 aliphatic heterocycles. The average molecular weight is 338 g/mol. The number of nitrogens with one attached hydrogen (secondary N) is 1. The number of anilines is 1. The highest BCUT2D eigenvalue weighted by molar-refractivity contribution is 6.07. The minimum atomic E-state index is -0.574. The zero-order valence-corrected chi connectivity index (χ0v) is 13.4. The average Bonchev–Trinajstić information content (AvgIpc) is 2.95. The second-order valence-corrected chi connectivity index (χ2v) is 5.44. The number of carbonyl (C=O) groups is 2. The number of aromatic nitrogens is 2. The van der Waals surface area contributed by atoms with Crippen molar-refractivity contribution in [1.29, 1.82) is 0 Å². The van der Waals surface area contributed by atoms with Crippen LogP contribution in [0.2, 0.25) is 0 Å². The molecule has 7 heteroatoms. The molecular formula is C18H15FN4O2. The predicted octanol–water partition coefficient (Wildman–Crippen LogP) is 2.58. The lowest BCUT2D eigenvalue weighted by Gasteiger charge is -2.08. The number of halogens is 1. The van der Waals surface area contributed by atoms with Crippen molar-refractivity contribution in [2.24, 2.45) is 12.8 Å². The van der Waals surface area contributed by atoms with Crippen molar-refractivity contribution in [3.8, 4) is 11.1 Å². The van der Waals surface area contributed by atoms with Crippen LogP contribution in [0.1, 0.15) is 20.7 Å². The van der Waals surface area contributed by atoms with Crippen molar-refractivity contribution in [2.45, 2.75) is 0 Å². The van der Waals surface area contributed by atoms with Crippen LogP contribution in [0, 0.1) is 5.82 Å². The second kappa shape index (κ2) is 6.56. The van der Waals surface area contributed by atoms with Crippen LogP contribution in [0.3, 0.4) is 0 Å². The lowest BCUT2D eigenvalue weighted by atomic mass is 10.0. The topological polar surface area (TPSA) is 90.0 Å². The third-order valence-corrected chi connectivity index (χ3v) is 3.65. The number of primary amides is 1. The van der Waals surface area contributed by atoms with Crippen molar-refractivity contribution >= 4 is 17.6 Å². The molecule has 1 heterocycles. The summed E-state index contributed by atoms with van der Waals surface area (Å²) in [5.41, 5.74) is 7.18. The fourth-order valence-electron chi connectivity index (χ4n) is 2.49. The van der Waals surface area contributed by atoms with Crippen LogP contribution in [0.5, 0.6) is 0 Å². The molecular weight excluding hydrogens is 323 g/mol. The van der Waals surface area contributed by atoms with Crippen molar-refractivity contribution in [2.75, 3.05) is 5.32 Å². The molecule has 0 radical (unpaired) electrons. The number of benzene rings is 2. The largest absolute Gasteiger partial charge is 0.366 e. The summed E-state index contributed by atoms with van der Waals surface area (Å²) in [5, 5.41) is 6.92. The summed E-state index contributed by atoms with van der Waals surface area (Å²) in [4.78, 5) is 24.0. The smallest absolute Gasteiger partial charge is 0.256 e. The number of aryl methyl sites for hydroxylation is 1. The number of carbonyl (C=O) groups excluding carboxylic acids is 2. The normalized spacial score (nSPS) is 10.5. The first-order valence-electron chi connectivity index (χ1n) is 7.45. The van der Waals surface area contributed by atoms with Crippen LogP contribution in [0.4, 0.5) is 10.2 Å². The van der Waals surface area contributed by atoms with Gasteiger partial charge in [-0.25, -0.2) is 4.39 Å². The van der Waals surface area contributed by atoms with E-state index >= 15 is 0 Å². The summed E-state index contributed by atoms with van der Waals surface area (Å²) in [5.74, 6) is -1.15. The van der Waals surface area contributed by atoms with Gasteiger partial charge in [0.05, 0.1) is 0 Å². The number of rotatable bonds is 4. The molecule has 0 fully saturated rings. The van der Waals surface area contributed by atoms with Crippen LogP contribution in [-0.4, -0.2) is 21.6 Å². The van der Waals surface area contributed by atoms with E-state index in [4.69, 9.17) is 5.73 Å². The molecule has 0 aliphatic carbocycles. The van der Waals surface area contributed by atoms with E-state index in [1.807, 2.05) is 0 Å². The van der Waals surface area contributed by atoms with Gasteiger partial charge in [0.1, 0.15) is 5.82 Å². The SMILES string of the molecule is Cn1cc(-c2ccccc2C(N)=O)c(NC(=O)c2ccc(F)cc2)n1. The third kappa shape index (κ3) is 3.40. The first kappa shape index (κ1) is 16.4. The van der Waals surface area contributed by atoms with Gasteiger partial charge in [0.15, 0.2) is 5.82 Å². The Balaban J connectivity index is 1.98. The molecule has 3 rings (SSSR count). The van der Waals surface area contributed by atoms with Gasteiger partial charge >= 0.3 is 0 Å². The minimum absolute atomic E-state index is 0.283. The van der Waals surface area contributed by atoms with Gasteiger partial charge in [-0.2, -0.15) is 5.10 Å². The van der Waals surface area contributed by atoms with E-state index in [0.717, 1.165) is 0 Å². The molecule has 6 nitrogen and oxygen atoms in total. The van der Waals surface area contributed by atoms with Gasteiger partial charge in [0, 0.05) is 29.9 Å². The Kier molecular flexibility index (Phi) is 4.30. The Hall–Kier alpha value is -3.48. The molecule has 0 bridgehead atoms. The van der Waals surface area contributed by atoms with E-state index in [2.05, 4.69) is 10.4 Å². The summed E-state index contributed by atoms with van der Waals surface area (Å²) < 4.78 is 14.5. The molecule has 25 heavy (non-hydrogen) atoms. The zero-order chi connectivity index (χ0) is 18.0. The molecule has 2 aromatic carbocycles. The first-order valence-corrected chi connectivity index (χ1v) is 7.45. The Labute approximate surface area is 143 Å². The number of hydrogen-bond donors (Lipinski definition) is 2. The minimum Gasteiger partial charge on any atom is -0.366 e. The molecule has 1 aromatic heterocycles. The van der Waals surface area contributed by atoms with E-state index in [0.29, 0.717) is 22.3 Å². The molecule has 126 valence electrons. The quantitative estimate of drug-likeness (QED) is 0.766. The highest BCUT2D eigenvalue weighted by atomic mass is 19.1.